The van der Waals surface area contributed by atoms with E-state index in [9.17, 15) is 10.1 Å². The summed E-state index contributed by atoms with van der Waals surface area (Å²) in [5.41, 5.74) is 0.899. The third kappa shape index (κ3) is 2.91. The molecule has 18 heavy (non-hydrogen) atoms. The van der Waals surface area contributed by atoms with Crippen LogP contribution >= 0.6 is 0 Å². The zero-order valence-corrected chi connectivity index (χ0v) is 10.5. The van der Waals surface area contributed by atoms with Crippen molar-refractivity contribution < 1.29 is 9.66 Å². The largest absolute Gasteiger partial charge is 0.490 e. The molecule has 0 amide bonds. The van der Waals surface area contributed by atoms with Gasteiger partial charge in [0.2, 0.25) is 0 Å². The number of hydrogen-bond acceptors (Lipinski definition) is 4. The molecule has 0 heterocycles. The monoisotopic (exact) mass is 250 g/mol. The third-order valence-corrected chi connectivity index (χ3v) is 3.35. The molecule has 0 aliphatic heterocycles. The first-order chi connectivity index (χ1) is 8.70. The average molecular weight is 250 g/mol. The Bertz CT molecular complexity index is 428. The van der Waals surface area contributed by atoms with E-state index in [1.807, 2.05) is 0 Å². The van der Waals surface area contributed by atoms with E-state index in [0.717, 1.165) is 5.69 Å². The minimum Gasteiger partial charge on any atom is -0.490 e. The van der Waals surface area contributed by atoms with Gasteiger partial charge in [-0.05, 0) is 18.9 Å². The molecule has 0 spiro atoms. The molecule has 1 N–H and O–H groups in total. The van der Waals surface area contributed by atoms with Gasteiger partial charge in [-0.2, -0.15) is 0 Å². The summed E-state index contributed by atoms with van der Waals surface area (Å²) in [4.78, 5) is 10.4. The van der Waals surface area contributed by atoms with Crippen molar-refractivity contribution in [2.45, 2.75) is 38.1 Å². The van der Waals surface area contributed by atoms with Crippen LogP contribution in [-0.2, 0) is 0 Å². The van der Waals surface area contributed by atoms with Gasteiger partial charge in [-0.1, -0.05) is 19.3 Å². The fraction of sp³-hybridized carbons (Fsp3) is 0.538. The minimum atomic E-state index is -0.427. The summed E-state index contributed by atoms with van der Waals surface area (Å²) in [6.45, 7) is 0. The maximum atomic E-state index is 10.8. The predicted molar refractivity (Wildman–Crippen MR) is 70.1 cm³/mol. The fourth-order valence-electron chi connectivity index (χ4n) is 2.40. The molecule has 2 rings (SSSR count). The maximum Gasteiger partial charge on any atom is 0.311 e. The quantitative estimate of drug-likeness (QED) is 0.657. The Kier molecular flexibility index (Phi) is 4.02. The molecule has 0 aromatic heterocycles. The van der Waals surface area contributed by atoms with Gasteiger partial charge in [-0.25, -0.2) is 0 Å². The highest BCUT2D eigenvalue weighted by atomic mass is 16.6. The van der Waals surface area contributed by atoms with Crippen LogP contribution in [0.15, 0.2) is 18.2 Å². The first kappa shape index (κ1) is 12.7. The highest BCUT2D eigenvalue weighted by Gasteiger charge is 2.17. The molecule has 1 saturated carbocycles. The van der Waals surface area contributed by atoms with Crippen LogP contribution in [0, 0.1) is 10.1 Å². The van der Waals surface area contributed by atoms with E-state index >= 15 is 0 Å². The molecule has 0 saturated heterocycles. The lowest BCUT2D eigenvalue weighted by Crippen LogP contribution is -2.22. The Morgan fingerprint density at radius 1 is 1.33 bits per heavy atom. The van der Waals surface area contributed by atoms with Crippen molar-refractivity contribution in [3.8, 4) is 5.75 Å². The van der Waals surface area contributed by atoms with Crippen LogP contribution in [0.2, 0.25) is 0 Å². The molecule has 5 nitrogen and oxygen atoms in total. The van der Waals surface area contributed by atoms with Gasteiger partial charge in [-0.3, -0.25) is 10.1 Å². The Balaban J connectivity index is 2.11. The summed E-state index contributed by atoms with van der Waals surface area (Å²) >= 11 is 0. The molecule has 0 bridgehead atoms. The highest BCUT2D eigenvalue weighted by Crippen LogP contribution is 2.31. The van der Waals surface area contributed by atoms with E-state index in [-0.39, 0.29) is 5.69 Å². The topological polar surface area (TPSA) is 64.4 Å². The van der Waals surface area contributed by atoms with Crippen LogP contribution in [0.3, 0.4) is 0 Å². The van der Waals surface area contributed by atoms with Gasteiger partial charge in [0.05, 0.1) is 12.0 Å². The molecule has 1 fully saturated rings. The number of nitrogens with one attached hydrogen (secondary N) is 1. The normalized spacial score (nSPS) is 16.3. The third-order valence-electron chi connectivity index (χ3n) is 3.35. The van der Waals surface area contributed by atoms with Crippen molar-refractivity contribution in [2.24, 2.45) is 0 Å². The highest BCUT2D eigenvalue weighted by molar-refractivity contribution is 5.58. The first-order valence-electron chi connectivity index (χ1n) is 6.29. The van der Waals surface area contributed by atoms with Crippen molar-refractivity contribution in [2.75, 3.05) is 12.4 Å². The Morgan fingerprint density at radius 3 is 2.67 bits per heavy atom. The number of rotatable bonds is 4. The van der Waals surface area contributed by atoms with Crippen LogP contribution < -0.4 is 10.1 Å². The molecule has 1 aliphatic carbocycles. The maximum absolute atomic E-state index is 10.8. The Morgan fingerprint density at radius 2 is 2.06 bits per heavy atom. The van der Waals surface area contributed by atoms with Gasteiger partial charge in [-0.15, -0.1) is 0 Å². The zero-order chi connectivity index (χ0) is 13.0. The van der Waals surface area contributed by atoms with Crippen LogP contribution in [0.4, 0.5) is 11.4 Å². The van der Waals surface area contributed by atoms with Gasteiger partial charge in [0.15, 0.2) is 5.75 Å². The first-order valence-corrected chi connectivity index (χ1v) is 6.29. The lowest BCUT2D eigenvalue weighted by Gasteiger charge is -2.23. The predicted octanol–water partition coefficient (Wildman–Crippen LogP) is 3.35. The molecule has 0 radical (unpaired) electrons. The van der Waals surface area contributed by atoms with Gasteiger partial charge < -0.3 is 10.1 Å². The van der Waals surface area contributed by atoms with Gasteiger partial charge in [0.1, 0.15) is 0 Å². The lowest BCUT2D eigenvalue weighted by atomic mass is 9.95. The minimum absolute atomic E-state index is 0.00620. The summed E-state index contributed by atoms with van der Waals surface area (Å²) in [5, 5.41) is 14.2. The zero-order valence-electron chi connectivity index (χ0n) is 10.5. The number of hydrogen-bond donors (Lipinski definition) is 1. The van der Waals surface area contributed by atoms with E-state index < -0.39 is 4.92 Å². The number of nitro groups is 1. The van der Waals surface area contributed by atoms with Gasteiger partial charge >= 0.3 is 5.69 Å². The number of benzene rings is 1. The van der Waals surface area contributed by atoms with Crippen LogP contribution in [0.25, 0.3) is 0 Å². The smallest absolute Gasteiger partial charge is 0.311 e. The number of nitrogens with zero attached hydrogens (tertiary/aromatic N) is 1. The molecule has 1 aromatic rings. The van der Waals surface area contributed by atoms with Crippen molar-refractivity contribution in [1.82, 2.24) is 0 Å². The second kappa shape index (κ2) is 5.71. The summed E-state index contributed by atoms with van der Waals surface area (Å²) in [6, 6.07) is 5.41. The summed E-state index contributed by atoms with van der Waals surface area (Å²) in [6.07, 6.45) is 6.14. The van der Waals surface area contributed by atoms with E-state index in [1.54, 1.807) is 12.1 Å². The van der Waals surface area contributed by atoms with E-state index in [0.29, 0.717) is 11.8 Å². The van der Waals surface area contributed by atoms with Crippen LogP contribution in [-0.4, -0.2) is 18.1 Å². The Hall–Kier alpha value is -1.78. The number of anilines is 1. The molecule has 0 atom stereocenters. The lowest BCUT2D eigenvalue weighted by molar-refractivity contribution is -0.385. The van der Waals surface area contributed by atoms with Crippen molar-refractivity contribution in [3.63, 3.8) is 0 Å². The summed E-state index contributed by atoms with van der Waals surface area (Å²) < 4.78 is 5.05. The molecular formula is C13H18N2O3. The van der Waals surface area contributed by atoms with E-state index in [4.69, 9.17) is 4.74 Å². The Labute approximate surface area is 106 Å². The van der Waals surface area contributed by atoms with Crippen molar-refractivity contribution in [3.05, 3.63) is 28.3 Å². The van der Waals surface area contributed by atoms with E-state index in [1.165, 1.54) is 45.3 Å². The van der Waals surface area contributed by atoms with Gasteiger partial charge in [0.25, 0.3) is 0 Å². The summed E-state index contributed by atoms with van der Waals surface area (Å²) in [5.74, 6) is 0.306. The molecule has 1 aromatic carbocycles. The van der Waals surface area contributed by atoms with Gasteiger partial charge in [0, 0.05) is 23.9 Å². The number of ether oxygens (including phenoxy) is 1. The molecule has 1 aliphatic rings. The molecule has 98 valence electrons. The second-order valence-electron chi connectivity index (χ2n) is 4.62. The molecular weight excluding hydrogens is 232 g/mol. The molecule has 5 heteroatoms. The van der Waals surface area contributed by atoms with Crippen LogP contribution in [0.5, 0.6) is 5.75 Å². The standard InChI is InChI=1S/C13H18N2O3/c1-18-13-9-11(7-8-12(13)15(16)17)14-10-5-3-2-4-6-10/h7-10,14H,2-6H2,1H3. The average Bonchev–Trinajstić information content (AvgIpc) is 2.39. The fourth-order valence-corrected chi connectivity index (χ4v) is 2.40. The molecule has 0 unspecified atom stereocenters. The number of methoxy groups -OCH3 is 1. The SMILES string of the molecule is COc1cc(NC2CCCCC2)ccc1[N+](=O)[O-]. The van der Waals surface area contributed by atoms with Crippen LogP contribution in [0.1, 0.15) is 32.1 Å². The van der Waals surface area contributed by atoms with Crippen molar-refractivity contribution in [1.29, 1.82) is 0 Å². The van der Waals surface area contributed by atoms with E-state index in [2.05, 4.69) is 5.32 Å². The number of nitro benzene ring substituents is 1. The second-order valence-corrected chi connectivity index (χ2v) is 4.62. The van der Waals surface area contributed by atoms with Crippen molar-refractivity contribution >= 4 is 11.4 Å². The summed E-state index contributed by atoms with van der Waals surface area (Å²) in [7, 11) is 1.45.